The molecule has 0 N–H and O–H groups in total. The molecule has 0 saturated heterocycles. The molecule has 1 aliphatic heterocycles. The Morgan fingerprint density at radius 2 is 1.73 bits per heavy atom. The Kier molecular flexibility index (Phi) is 4.13. The molecular formula is C21H19N3O2. The minimum atomic E-state index is -0.0730. The highest BCUT2D eigenvalue weighted by Crippen LogP contribution is 2.30. The zero-order chi connectivity index (χ0) is 18.0. The van der Waals surface area contributed by atoms with E-state index in [2.05, 4.69) is 40.3 Å². The molecule has 1 unspecified atom stereocenters. The van der Waals surface area contributed by atoms with Gasteiger partial charge in [-0.25, -0.2) is 0 Å². The van der Waals surface area contributed by atoms with Crippen molar-refractivity contribution in [1.82, 2.24) is 10.1 Å². The van der Waals surface area contributed by atoms with E-state index in [-0.39, 0.29) is 5.41 Å². The molecule has 0 amide bonds. The van der Waals surface area contributed by atoms with E-state index in [1.54, 1.807) is 7.11 Å². The van der Waals surface area contributed by atoms with Gasteiger partial charge in [-0.3, -0.25) is 4.99 Å². The Bertz CT molecular complexity index is 956. The van der Waals surface area contributed by atoms with E-state index < -0.39 is 0 Å². The van der Waals surface area contributed by atoms with E-state index in [1.165, 1.54) is 5.56 Å². The second-order valence-corrected chi connectivity index (χ2v) is 6.51. The molecule has 0 saturated carbocycles. The van der Waals surface area contributed by atoms with Gasteiger partial charge >= 0.3 is 0 Å². The smallest absolute Gasteiger partial charge is 0.258 e. The van der Waals surface area contributed by atoms with Gasteiger partial charge in [-0.1, -0.05) is 30.3 Å². The predicted octanol–water partition coefficient (Wildman–Crippen LogP) is 4.66. The first-order chi connectivity index (χ1) is 12.7. The third kappa shape index (κ3) is 3.04. The summed E-state index contributed by atoms with van der Waals surface area (Å²) in [6, 6.07) is 15.8. The minimum absolute atomic E-state index is 0.0730. The number of methoxy groups -OCH3 is 1. The lowest BCUT2D eigenvalue weighted by molar-refractivity contribution is 0.415. The average molecular weight is 345 g/mol. The lowest BCUT2D eigenvalue weighted by atomic mass is 9.79. The number of ether oxygens (including phenoxy) is 1. The molecule has 0 radical (unpaired) electrons. The third-order valence-corrected chi connectivity index (χ3v) is 4.66. The minimum Gasteiger partial charge on any atom is -0.497 e. The largest absolute Gasteiger partial charge is 0.497 e. The van der Waals surface area contributed by atoms with Gasteiger partial charge in [-0.05, 0) is 48.4 Å². The van der Waals surface area contributed by atoms with Crippen molar-refractivity contribution in [3.05, 3.63) is 66.4 Å². The number of aliphatic imine (C=N–C) groups is 1. The molecule has 1 atom stereocenters. The van der Waals surface area contributed by atoms with E-state index >= 15 is 0 Å². The lowest BCUT2D eigenvalue weighted by Gasteiger charge is -2.26. The zero-order valence-electron chi connectivity index (χ0n) is 14.7. The highest BCUT2D eigenvalue weighted by atomic mass is 16.5. The summed E-state index contributed by atoms with van der Waals surface area (Å²) in [7, 11) is 1.64. The fraction of sp³-hybridized carbons (Fsp3) is 0.190. The fourth-order valence-electron chi connectivity index (χ4n) is 3.00. The number of aromatic nitrogens is 2. The SMILES string of the molecule is COc1ccc(-c2noc(-c3ccc(C4(C)C=NC=CC4)cc3)n2)cc1. The second kappa shape index (κ2) is 6.59. The van der Waals surface area contributed by atoms with Gasteiger partial charge in [0, 0.05) is 29.0 Å². The van der Waals surface area contributed by atoms with Crippen LogP contribution in [0.3, 0.4) is 0 Å². The number of hydrogen-bond donors (Lipinski definition) is 0. The normalized spacial score (nSPS) is 18.8. The number of nitrogens with zero attached hydrogens (tertiary/aromatic N) is 3. The van der Waals surface area contributed by atoms with Gasteiger partial charge in [-0.15, -0.1) is 0 Å². The number of rotatable bonds is 4. The topological polar surface area (TPSA) is 60.5 Å². The Hall–Kier alpha value is -3.21. The van der Waals surface area contributed by atoms with Crippen LogP contribution in [-0.2, 0) is 5.41 Å². The monoisotopic (exact) mass is 345 g/mol. The molecule has 2 aromatic carbocycles. The molecule has 130 valence electrons. The summed E-state index contributed by atoms with van der Waals surface area (Å²) in [5, 5.41) is 4.09. The van der Waals surface area contributed by atoms with Gasteiger partial charge in [0.05, 0.1) is 7.11 Å². The van der Waals surface area contributed by atoms with Gasteiger partial charge in [0.1, 0.15) is 5.75 Å². The molecule has 0 bridgehead atoms. The van der Waals surface area contributed by atoms with Gasteiger partial charge in [-0.2, -0.15) is 4.98 Å². The third-order valence-electron chi connectivity index (χ3n) is 4.66. The summed E-state index contributed by atoms with van der Waals surface area (Å²) < 4.78 is 10.6. The second-order valence-electron chi connectivity index (χ2n) is 6.51. The van der Waals surface area contributed by atoms with Crippen LogP contribution in [0.25, 0.3) is 22.8 Å². The van der Waals surface area contributed by atoms with Crippen LogP contribution in [0.2, 0.25) is 0 Å². The van der Waals surface area contributed by atoms with Crippen LogP contribution in [0.1, 0.15) is 18.9 Å². The summed E-state index contributed by atoms with van der Waals surface area (Å²) in [6.07, 6.45) is 6.87. The van der Waals surface area contributed by atoms with Crippen LogP contribution in [0, 0.1) is 0 Å². The standard InChI is InChI=1S/C21H19N3O2/c1-21(12-3-13-22-14-21)17-8-4-16(5-9-17)20-23-19(24-26-20)15-6-10-18(25-2)11-7-15/h3-11,13-14H,12H2,1-2H3. The maximum Gasteiger partial charge on any atom is 0.258 e. The van der Waals surface area contributed by atoms with Crippen molar-refractivity contribution >= 4 is 6.21 Å². The molecule has 5 nitrogen and oxygen atoms in total. The summed E-state index contributed by atoms with van der Waals surface area (Å²) in [4.78, 5) is 8.79. The Balaban J connectivity index is 1.57. The van der Waals surface area contributed by atoms with Gasteiger partial charge < -0.3 is 9.26 Å². The van der Waals surface area contributed by atoms with Crippen molar-refractivity contribution in [3.63, 3.8) is 0 Å². The van der Waals surface area contributed by atoms with Gasteiger partial charge in [0.25, 0.3) is 5.89 Å². The summed E-state index contributed by atoms with van der Waals surface area (Å²) >= 11 is 0. The summed E-state index contributed by atoms with van der Waals surface area (Å²) in [6.45, 7) is 2.18. The molecule has 3 aromatic rings. The zero-order valence-corrected chi connectivity index (χ0v) is 14.7. The Labute approximate surface area is 152 Å². The quantitative estimate of drug-likeness (QED) is 0.690. The van der Waals surface area contributed by atoms with Crippen LogP contribution in [0.4, 0.5) is 0 Å². The van der Waals surface area contributed by atoms with Crippen molar-refractivity contribution in [2.45, 2.75) is 18.8 Å². The first-order valence-electron chi connectivity index (χ1n) is 8.46. The highest BCUT2D eigenvalue weighted by Gasteiger charge is 2.24. The van der Waals surface area contributed by atoms with Crippen LogP contribution >= 0.6 is 0 Å². The molecule has 2 heterocycles. The Morgan fingerprint density at radius 3 is 2.38 bits per heavy atom. The highest BCUT2D eigenvalue weighted by molar-refractivity contribution is 5.75. The first kappa shape index (κ1) is 16.3. The van der Waals surface area contributed by atoms with Gasteiger partial charge in [0.15, 0.2) is 0 Å². The fourth-order valence-corrected chi connectivity index (χ4v) is 3.00. The molecule has 1 aromatic heterocycles. The van der Waals surface area contributed by atoms with Crippen molar-refractivity contribution < 1.29 is 9.26 Å². The molecule has 0 spiro atoms. The van der Waals surface area contributed by atoms with E-state index in [1.807, 2.05) is 48.8 Å². The van der Waals surface area contributed by atoms with E-state index in [0.29, 0.717) is 11.7 Å². The molecule has 0 aliphatic carbocycles. The molecule has 4 rings (SSSR count). The maximum atomic E-state index is 5.44. The van der Waals surface area contributed by atoms with Crippen molar-refractivity contribution in [1.29, 1.82) is 0 Å². The first-order valence-corrected chi connectivity index (χ1v) is 8.46. The van der Waals surface area contributed by atoms with Crippen LogP contribution in [0.15, 0.2) is 70.3 Å². The molecule has 0 fully saturated rings. The number of benzene rings is 2. The average Bonchev–Trinajstić information content (AvgIpc) is 3.19. The summed E-state index contributed by atoms with van der Waals surface area (Å²) in [5.41, 5.74) is 2.92. The number of hydrogen-bond acceptors (Lipinski definition) is 5. The lowest BCUT2D eigenvalue weighted by Crippen LogP contribution is -2.24. The van der Waals surface area contributed by atoms with Crippen LogP contribution in [0.5, 0.6) is 5.75 Å². The maximum absolute atomic E-state index is 5.44. The molecular weight excluding hydrogens is 326 g/mol. The predicted molar refractivity (Wildman–Crippen MR) is 101 cm³/mol. The molecule has 1 aliphatic rings. The van der Waals surface area contributed by atoms with Crippen molar-refractivity contribution in [2.24, 2.45) is 4.99 Å². The van der Waals surface area contributed by atoms with Crippen LogP contribution < -0.4 is 4.74 Å². The van der Waals surface area contributed by atoms with E-state index in [0.717, 1.165) is 23.3 Å². The summed E-state index contributed by atoms with van der Waals surface area (Å²) in [5.74, 6) is 1.86. The van der Waals surface area contributed by atoms with Crippen molar-refractivity contribution in [3.8, 4) is 28.6 Å². The Morgan fingerprint density at radius 1 is 1.00 bits per heavy atom. The van der Waals surface area contributed by atoms with E-state index in [9.17, 15) is 0 Å². The van der Waals surface area contributed by atoms with Crippen LogP contribution in [-0.4, -0.2) is 23.5 Å². The van der Waals surface area contributed by atoms with Gasteiger partial charge in [0.2, 0.25) is 5.82 Å². The van der Waals surface area contributed by atoms with Crippen molar-refractivity contribution in [2.75, 3.05) is 7.11 Å². The molecule has 26 heavy (non-hydrogen) atoms. The number of allylic oxidation sites excluding steroid dienone is 1. The van der Waals surface area contributed by atoms with E-state index in [4.69, 9.17) is 9.26 Å². The molecule has 5 heteroatoms.